The van der Waals surface area contributed by atoms with Gasteiger partial charge in [0.1, 0.15) is 11.3 Å². The maximum atomic E-state index is 13.6. The first-order valence-corrected chi connectivity index (χ1v) is 10.9. The highest BCUT2D eigenvalue weighted by Crippen LogP contribution is 2.43. The van der Waals surface area contributed by atoms with Gasteiger partial charge in [-0.3, -0.25) is 9.59 Å². The lowest BCUT2D eigenvalue weighted by atomic mass is 9.94. The number of methoxy groups -OCH3 is 1. The summed E-state index contributed by atoms with van der Waals surface area (Å²) in [7, 11) is 1.53. The number of carbonyl (C=O) groups is 2. The SMILES string of the molecule is CCCCCN1C(=O)C(O)=C(C(=O)c2cc3cc(Cl)ccc3o2)C1c1ccccc1OC. The Labute approximate surface area is 191 Å². The van der Waals surface area contributed by atoms with Crippen LogP contribution in [0.2, 0.25) is 5.02 Å². The molecule has 7 heteroatoms. The Hall–Kier alpha value is -3.25. The van der Waals surface area contributed by atoms with Gasteiger partial charge in [0.05, 0.1) is 18.7 Å². The Morgan fingerprint density at radius 3 is 2.72 bits per heavy atom. The van der Waals surface area contributed by atoms with Gasteiger partial charge in [0.2, 0.25) is 5.78 Å². The zero-order valence-electron chi connectivity index (χ0n) is 17.9. The molecule has 0 saturated carbocycles. The molecule has 32 heavy (non-hydrogen) atoms. The fraction of sp³-hybridized carbons (Fsp3) is 0.280. The Bertz CT molecular complexity index is 1210. The van der Waals surface area contributed by atoms with Crippen molar-refractivity contribution in [1.82, 2.24) is 4.90 Å². The average molecular weight is 454 g/mol. The van der Waals surface area contributed by atoms with E-state index in [1.807, 2.05) is 12.1 Å². The maximum Gasteiger partial charge on any atom is 0.290 e. The largest absolute Gasteiger partial charge is 0.503 e. The lowest BCUT2D eigenvalue weighted by Crippen LogP contribution is -2.32. The number of hydrogen-bond acceptors (Lipinski definition) is 5. The minimum atomic E-state index is -0.778. The van der Waals surface area contributed by atoms with Gasteiger partial charge < -0.3 is 19.2 Å². The number of halogens is 1. The van der Waals surface area contributed by atoms with Crippen molar-refractivity contribution < 1.29 is 23.8 Å². The molecule has 0 aliphatic carbocycles. The van der Waals surface area contributed by atoms with Crippen LogP contribution in [0.25, 0.3) is 11.0 Å². The second kappa shape index (κ2) is 9.09. The van der Waals surface area contributed by atoms with E-state index in [1.54, 1.807) is 36.4 Å². The van der Waals surface area contributed by atoms with Crippen molar-refractivity contribution in [2.45, 2.75) is 32.2 Å². The van der Waals surface area contributed by atoms with E-state index in [0.29, 0.717) is 33.8 Å². The van der Waals surface area contributed by atoms with Gasteiger partial charge in [-0.1, -0.05) is 49.6 Å². The molecular formula is C25H24ClNO5. The number of furan rings is 1. The number of aliphatic hydroxyl groups excluding tert-OH is 1. The van der Waals surface area contributed by atoms with Crippen LogP contribution in [0.4, 0.5) is 0 Å². The lowest BCUT2D eigenvalue weighted by molar-refractivity contribution is -0.129. The van der Waals surface area contributed by atoms with Crippen LogP contribution in [0.3, 0.4) is 0 Å². The number of Topliss-reactive ketones (excluding diaryl/α,β-unsaturated/α-hetero) is 1. The molecule has 6 nitrogen and oxygen atoms in total. The van der Waals surface area contributed by atoms with Crippen LogP contribution >= 0.6 is 11.6 Å². The summed E-state index contributed by atoms with van der Waals surface area (Å²) in [5, 5.41) is 12.0. The van der Waals surface area contributed by atoms with Gasteiger partial charge in [0.15, 0.2) is 11.5 Å². The summed E-state index contributed by atoms with van der Waals surface area (Å²) in [6.07, 6.45) is 2.66. The molecule has 1 aromatic heterocycles. The number of fused-ring (bicyclic) bond motifs is 1. The third-order valence-electron chi connectivity index (χ3n) is 5.69. The van der Waals surface area contributed by atoms with Crippen molar-refractivity contribution >= 4 is 34.3 Å². The van der Waals surface area contributed by atoms with Crippen LogP contribution in [-0.4, -0.2) is 35.4 Å². The average Bonchev–Trinajstić information content (AvgIpc) is 3.32. The van der Waals surface area contributed by atoms with Gasteiger partial charge in [-0.2, -0.15) is 0 Å². The Kier molecular flexibility index (Phi) is 6.24. The highest BCUT2D eigenvalue weighted by atomic mass is 35.5. The molecule has 0 saturated heterocycles. The van der Waals surface area contributed by atoms with E-state index < -0.39 is 23.5 Å². The van der Waals surface area contributed by atoms with Gasteiger partial charge in [-0.15, -0.1) is 0 Å². The predicted molar refractivity (Wildman–Crippen MR) is 122 cm³/mol. The monoisotopic (exact) mass is 453 g/mol. The van der Waals surface area contributed by atoms with Crippen molar-refractivity contribution in [3.05, 3.63) is 76.2 Å². The second-order valence-electron chi connectivity index (χ2n) is 7.73. The molecule has 1 aliphatic rings. The number of amides is 1. The van der Waals surface area contributed by atoms with Crippen LogP contribution in [0.1, 0.15) is 48.3 Å². The number of ketones is 1. The minimum absolute atomic E-state index is 0.0128. The third kappa shape index (κ3) is 3.86. The zero-order chi connectivity index (χ0) is 22.8. The van der Waals surface area contributed by atoms with E-state index in [2.05, 4.69) is 6.92 Å². The molecule has 0 fully saturated rings. The Morgan fingerprint density at radius 2 is 1.97 bits per heavy atom. The first-order chi connectivity index (χ1) is 15.5. The molecule has 4 rings (SSSR count). The number of ether oxygens (including phenoxy) is 1. The summed E-state index contributed by atoms with van der Waals surface area (Å²) in [5.74, 6) is -1.11. The molecule has 1 amide bonds. The minimum Gasteiger partial charge on any atom is -0.503 e. The zero-order valence-corrected chi connectivity index (χ0v) is 18.7. The third-order valence-corrected chi connectivity index (χ3v) is 5.92. The number of aliphatic hydroxyl groups is 1. The fourth-order valence-electron chi connectivity index (χ4n) is 4.12. The summed E-state index contributed by atoms with van der Waals surface area (Å²) in [5.41, 5.74) is 1.11. The highest BCUT2D eigenvalue weighted by molar-refractivity contribution is 6.31. The van der Waals surface area contributed by atoms with Crippen molar-refractivity contribution in [3.63, 3.8) is 0 Å². The predicted octanol–water partition coefficient (Wildman–Crippen LogP) is 5.86. The van der Waals surface area contributed by atoms with E-state index in [0.717, 1.165) is 19.3 Å². The van der Waals surface area contributed by atoms with Crippen molar-refractivity contribution in [3.8, 4) is 5.75 Å². The summed E-state index contributed by atoms with van der Waals surface area (Å²) in [4.78, 5) is 28.1. The lowest BCUT2D eigenvalue weighted by Gasteiger charge is -2.27. The van der Waals surface area contributed by atoms with Crippen LogP contribution in [0.5, 0.6) is 5.75 Å². The topological polar surface area (TPSA) is 80.0 Å². The smallest absolute Gasteiger partial charge is 0.290 e. The van der Waals surface area contributed by atoms with Gasteiger partial charge in [0.25, 0.3) is 5.91 Å². The van der Waals surface area contributed by atoms with E-state index >= 15 is 0 Å². The van der Waals surface area contributed by atoms with E-state index in [4.69, 9.17) is 20.8 Å². The van der Waals surface area contributed by atoms with Gasteiger partial charge in [0, 0.05) is 22.5 Å². The number of unbranched alkanes of at least 4 members (excludes halogenated alkanes) is 2. The van der Waals surface area contributed by atoms with Gasteiger partial charge in [-0.25, -0.2) is 0 Å². The Balaban J connectivity index is 1.80. The van der Waals surface area contributed by atoms with Crippen LogP contribution < -0.4 is 4.74 Å². The number of carbonyl (C=O) groups excluding carboxylic acids is 2. The number of hydrogen-bond donors (Lipinski definition) is 1. The quantitative estimate of drug-likeness (QED) is 0.341. The summed E-state index contributed by atoms with van der Waals surface area (Å²) in [6.45, 7) is 2.48. The molecule has 166 valence electrons. The molecule has 3 aromatic rings. The number of nitrogens with zero attached hydrogens (tertiary/aromatic N) is 1. The molecule has 1 atom stereocenters. The van der Waals surface area contributed by atoms with Crippen molar-refractivity contribution in [1.29, 1.82) is 0 Å². The summed E-state index contributed by atoms with van der Waals surface area (Å²) >= 11 is 6.05. The Morgan fingerprint density at radius 1 is 1.19 bits per heavy atom. The molecule has 0 radical (unpaired) electrons. The fourth-order valence-corrected chi connectivity index (χ4v) is 4.30. The summed E-state index contributed by atoms with van der Waals surface area (Å²) < 4.78 is 11.2. The van der Waals surface area contributed by atoms with E-state index in [-0.39, 0.29) is 11.3 Å². The second-order valence-corrected chi connectivity index (χ2v) is 8.17. The molecule has 2 aromatic carbocycles. The molecule has 0 spiro atoms. The van der Waals surface area contributed by atoms with Gasteiger partial charge in [-0.05, 0) is 36.8 Å². The highest BCUT2D eigenvalue weighted by Gasteiger charge is 2.45. The first kappa shape index (κ1) is 22.0. The summed E-state index contributed by atoms with van der Waals surface area (Å²) in [6, 6.07) is 13.0. The van der Waals surface area contributed by atoms with Crippen LogP contribution in [0, 0.1) is 0 Å². The van der Waals surface area contributed by atoms with E-state index in [1.165, 1.54) is 12.0 Å². The maximum absolute atomic E-state index is 13.6. The molecule has 0 bridgehead atoms. The van der Waals surface area contributed by atoms with Crippen LogP contribution in [-0.2, 0) is 4.79 Å². The van der Waals surface area contributed by atoms with Gasteiger partial charge >= 0.3 is 0 Å². The molecule has 2 heterocycles. The molecular weight excluding hydrogens is 430 g/mol. The number of benzene rings is 2. The molecule has 1 aliphatic heterocycles. The number of rotatable bonds is 8. The first-order valence-electron chi connectivity index (χ1n) is 10.6. The van der Waals surface area contributed by atoms with Crippen molar-refractivity contribution in [2.24, 2.45) is 0 Å². The number of para-hydroxylation sites is 1. The van der Waals surface area contributed by atoms with Crippen molar-refractivity contribution in [2.75, 3.05) is 13.7 Å². The molecule has 1 N–H and O–H groups in total. The molecule has 1 unspecified atom stereocenters. The standard InChI is InChI=1S/C25H24ClNO5/c1-3-4-7-12-27-22(17-8-5-6-9-19(17)31-2)21(24(29)25(27)30)23(28)20-14-15-13-16(26)10-11-18(15)32-20/h5-6,8-11,13-14,22,29H,3-4,7,12H2,1-2H3. The van der Waals surface area contributed by atoms with E-state index in [9.17, 15) is 14.7 Å². The normalized spacial score (nSPS) is 16.3. The van der Waals surface area contributed by atoms with Crippen LogP contribution in [0.15, 0.2) is 64.3 Å².